The third-order valence-corrected chi connectivity index (χ3v) is 4.26. The second-order valence-corrected chi connectivity index (χ2v) is 5.54. The van der Waals surface area contributed by atoms with Gasteiger partial charge in [-0.1, -0.05) is 18.2 Å². The van der Waals surface area contributed by atoms with Gasteiger partial charge in [0.2, 0.25) is 0 Å². The van der Waals surface area contributed by atoms with Gasteiger partial charge in [-0.25, -0.2) is 0 Å². The summed E-state index contributed by atoms with van der Waals surface area (Å²) >= 11 is 0. The van der Waals surface area contributed by atoms with E-state index < -0.39 is 0 Å². The van der Waals surface area contributed by atoms with Crippen LogP contribution in [0, 0.1) is 17.2 Å². The second kappa shape index (κ2) is 6.70. The van der Waals surface area contributed by atoms with Crippen LogP contribution in [0.3, 0.4) is 0 Å². The maximum atomic E-state index is 9.17. The van der Waals surface area contributed by atoms with Gasteiger partial charge in [0.15, 0.2) is 0 Å². The van der Waals surface area contributed by atoms with Crippen LogP contribution in [-0.4, -0.2) is 29.7 Å². The van der Waals surface area contributed by atoms with Crippen LogP contribution in [0.15, 0.2) is 24.3 Å². The van der Waals surface area contributed by atoms with Crippen molar-refractivity contribution in [3.05, 3.63) is 35.4 Å². The molecule has 1 aromatic rings. The number of aliphatic hydroxyl groups excluding tert-OH is 1. The first kappa shape index (κ1) is 14.0. The molecule has 1 aliphatic rings. The Morgan fingerprint density at radius 3 is 2.58 bits per heavy atom. The van der Waals surface area contributed by atoms with Gasteiger partial charge < -0.3 is 5.11 Å². The van der Waals surface area contributed by atoms with E-state index in [1.54, 1.807) is 0 Å². The molecule has 0 aliphatic heterocycles. The number of rotatable bonds is 4. The van der Waals surface area contributed by atoms with Crippen molar-refractivity contribution in [1.29, 1.82) is 5.26 Å². The van der Waals surface area contributed by atoms with Gasteiger partial charge in [-0.15, -0.1) is 0 Å². The fourth-order valence-corrected chi connectivity index (χ4v) is 2.93. The first-order chi connectivity index (χ1) is 9.24. The van der Waals surface area contributed by atoms with Gasteiger partial charge in [0.25, 0.3) is 0 Å². The van der Waals surface area contributed by atoms with E-state index in [0.717, 1.165) is 43.4 Å². The number of benzene rings is 1. The van der Waals surface area contributed by atoms with Crippen LogP contribution >= 0.6 is 0 Å². The first-order valence-electron chi connectivity index (χ1n) is 7.03. The Hall–Kier alpha value is -1.37. The van der Waals surface area contributed by atoms with Gasteiger partial charge in [0, 0.05) is 19.2 Å². The van der Waals surface area contributed by atoms with Crippen molar-refractivity contribution in [1.82, 2.24) is 4.90 Å². The van der Waals surface area contributed by atoms with Gasteiger partial charge in [0.1, 0.15) is 0 Å². The Balaban J connectivity index is 1.94. The van der Waals surface area contributed by atoms with Crippen LogP contribution in [0.2, 0.25) is 0 Å². The van der Waals surface area contributed by atoms with E-state index in [0.29, 0.717) is 18.6 Å². The predicted molar refractivity (Wildman–Crippen MR) is 75.5 cm³/mol. The third kappa shape index (κ3) is 3.56. The molecule has 19 heavy (non-hydrogen) atoms. The number of nitrogens with zero attached hydrogens (tertiary/aromatic N) is 2. The van der Waals surface area contributed by atoms with E-state index in [1.807, 2.05) is 24.3 Å². The number of hydrogen-bond acceptors (Lipinski definition) is 3. The Labute approximate surface area is 115 Å². The lowest BCUT2D eigenvalue weighted by Gasteiger charge is -2.34. The summed E-state index contributed by atoms with van der Waals surface area (Å²) in [7, 11) is 2.14. The van der Waals surface area contributed by atoms with Crippen molar-refractivity contribution < 1.29 is 5.11 Å². The molecule has 1 aliphatic carbocycles. The highest BCUT2D eigenvalue weighted by Gasteiger charge is 2.23. The van der Waals surface area contributed by atoms with Crippen molar-refractivity contribution in [2.24, 2.45) is 5.92 Å². The molecular formula is C16H22N2O. The van der Waals surface area contributed by atoms with Crippen LogP contribution in [0.25, 0.3) is 0 Å². The highest BCUT2D eigenvalue weighted by atomic mass is 16.3. The monoisotopic (exact) mass is 258 g/mol. The highest BCUT2D eigenvalue weighted by molar-refractivity contribution is 5.37. The zero-order valence-electron chi connectivity index (χ0n) is 11.5. The van der Waals surface area contributed by atoms with Gasteiger partial charge in [-0.05, 0) is 50.3 Å². The molecule has 0 atom stereocenters. The molecule has 102 valence electrons. The number of nitriles is 1. The minimum absolute atomic E-state index is 0.327. The molecule has 0 bridgehead atoms. The van der Waals surface area contributed by atoms with Crippen LogP contribution in [0.5, 0.6) is 0 Å². The van der Waals surface area contributed by atoms with Gasteiger partial charge in [0.05, 0.1) is 11.6 Å². The molecule has 3 heteroatoms. The summed E-state index contributed by atoms with van der Waals surface area (Å²) in [5, 5.41) is 18.3. The molecule has 0 heterocycles. The summed E-state index contributed by atoms with van der Waals surface area (Å²) < 4.78 is 0. The highest BCUT2D eigenvalue weighted by Crippen LogP contribution is 2.27. The molecule has 0 spiro atoms. The van der Waals surface area contributed by atoms with Crippen molar-refractivity contribution in [2.45, 2.75) is 38.3 Å². The van der Waals surface area contributed by atoms with Crippen molar-refractivity contribution in [3.8, 4) is 6.07 Å². The third-order valence-electron chi connectivity index (χ3n) is 4.26. The van der Waals surface area contributed by atoms with E-state index in [-0.39, 0.29) is 0 Å². The van der Waals surface area contributed by atoms with E-state index in [1.165, 1.54) is 0 Å². The summed E-state index contributed by atoms with van der Waals surface area (Å²) in [6.45, 7) is 1.16. The molecule has 0 aromatic heterocycles. The van der Waals surface area contributed by atoms with Crippen molar-refractivity contribution in [3.63, 3.8) is 0 Å². The molecule has 1 saturated carbocycles. The molecule has 1 fully saturated rings. The molecule has 3 nitrogen and oxygen atoms in total. The average molecular weight is 258 g/mol. The summed E-state index contributed by atoms with van der Waals surface area (Å²) in [4.78, 5) is 2.35. The summed E-state index contributed by atoms with van der Waals surface area (Å²) in [5.41, 5.74) is 1.88. The zero-order chi connectivity index (χ0) is 13.7. The first-order valence-corrected chi connectivity index (χ1v) is 7.03. The lowest BCUT2D eigenvalue weighted by Crippen LogP contribution is -2.35. The largest absolute Gasteiger partial charge is 0.396 e. The van der Waals surface area contributed by atoms with Gasteiger partial charge >= 0.3 is 0 Å². The molecule has 0 amide bonds. The predicted octanol–water partition coefficient (Wildman–Crippen LogP) is 2.54. The summed E-state index contributed by atoms with van der Waals surface area (Å²) in [5.74, 6) is 0.496. The van der Waals surface area contributed by atoms with E-state index in [2.05, 4.69) is 18.0 Å². The maximum absolute atomic E-state index is 9.17. The smallest absolute Gasteiger partial charge is 0.0995 e. The van der Waals surface area contributed by atoms with Gasteiger partial charge in [-0.2, -0.15) is 5.26 Å². The topological polar surface area (TPSA) is 47.3 Å². The Morgan fingerprint density at radius 1 is 1.26 bits per heavy atom. The Bertz CT molecular complexity index is 444. The Morgan fingerprint density at radius 2 is 1.95 bits per heavy atom. The molecule has 1 N–H and O–H groups in total. The van der Waals surface area contributed by atoms with Crippen LogP contribution < -0.4 is 0 Å². The van der Waals surface area contributed by atoms with Crippen molar-refractivity contribution >= 4 is 0 Å². The fourth-order valence-electron chi connectivity index (χ4n) is 2.93. The number of hydrogen-bond donors (Lipinski definition) is 1. The van der Waals surface area contributed by atoms with Crippen LogP contribution in [0.4, 0.5) is 0 Å². The SMILES string of the molecule is CN(Cc1ccccc1C#N)C1CCC(CO)CC1. The molecular weight excluding hydrogens is 236 g/mol. The van der Waals surface area contributed by atoms with E-state index >= 15 is 0 Å². The van der Waals surface area contributed by atoms with E-state index in [9.17, 15) is 0 Å². The maximum Gasteiger partial charge on any atom is 0.0995 e. The average Bonchev–Trinajstić information content (AvgIpc) is 2.48. The van der Waals surface area contributed by atoms with Crippen molar-refractivity contribution in [2.75, 3.05) is 13.7 Å². The molecule has 0 saturated heterocycles. The van der Waals surface area contributed by atoms with Gasteiger partial charge in [-0.3, -0.25) is 4.90 Å². The lowest BCUT2D eigenvalue weighted by atomic mass is 9.86. The molecule has 1 aromatic carbocycles. The lowest BCUT2D eigenvalue weighted by molar-refractivity contribution is 0.124. The second-order valence-electron chi connectivity index (χ2n) is 5.54. The molecule has 2 rings (SSSR count). The summed E-state index contributed by atoms with van der Waals surface area (Å²) in [6, 6.07) is 10.7. The summed E-state index contributed by atoms with van der Waals surface area (Å²) in [6.07, 6.45) is 4.53. The zero-order valence-corrected chi connectivity index (χ0v) is 11.5. The fraction of sp³-hybridized carbons (Fsp3) is 0.562. The van der Waals surface area contributed by atoms with Crippen LogP contribution in [-0.2, 0) is 6.54 Å². The standard InChI is InChI=1S/C16H22N2O/c1-18(16-8-6-13(12-19)7-9-16)11-15-5-3-2-4-14(15)10-17/h2-5,13,16,19H,6-9,11-12H2,1H3. The molecule has 0 radical (unpaired) electrons. The minimum atomic E-state index is 0.327. The minimum Gasteiger partial charge on any atom is -0.396 e. The Kier molecular flexibility index (Phi) is 4.95. The quantitative estimate of drug-likeness (QED) is 0.902. The van der Waals surface area contributed by atoms with Crippen LogP contribution in [0.1, 0.15) is 36.8 Å². The molecule has 0 unspecified atom stereocenters. The van der Waals surface area contributed by atoms with E-state index in [4.69, 9.17) is 10.4 Å². The number of aliphatic hydroxyl groups is 1. The normalized spacial score (nSPS) is 23.3.